The Labute approximate surface area is 87.5 Å². The summed E-state index contributed by atoms with van der Waals surface area (Å²) in [5.41, 5.74) is 1.37. The van der Waals surface area contributed by atoms with Crippen molar-refractivity contribution in [2.45, 2.75) is 39.8 Å². The molecule has 1 aromatic rings. The van der Waals surface area contributed by atoms with Crippen molar-refractivity contribution in [1.29, 1.82) is 0 Å². The summed E-state index contributed by atoms with van der Waals surface area (Å²) in [4.78, 5) is 0. The second kappa shape index (κ2) is 5.82. The van der Waals surface area contributed by atoms with E-state index in [1.165, 1.54) is 12.0 Å². The van der Waals surface area contributed by atoms with Crippen LogP contribution >= 0.6 is 0 Å². The lowest BCUT2D eigenvalue weighted by molar-refractivity contribution is 0.387. The van der Waals surface area contributed by atoms with E-state index in [-0.39, 0.29) is 0 Å². The van der Waals surface area contributed by atoms with E-state index in [0.29, 0.717) is 12.0 Å². The molecular weight excluding hydrogens is 170 g/mol. The number of nitrogens with one attached hydrogen (secondary N) is 1. The summed E-state index contributed by atoms with van der Waals surface area (Å²) in [6.07, 6.45) is 1.20. The first-order valence-electron chi connectivity index (χ1n) is 5.51. The van der Waals surface area contributed by atoms with Gasteiger partial charge in [-0.3, -0.25) is 0 Å². The molecular formula is C13H21N. The van der Waals surface area contributed by atoms with Crippen molar-refractivity contribution in [3.05, 3.63) is 35.9 Å². The van der Waals surface area contributed by atoms with Crippen LogP contribution in [-0.4, -0.2) is 6.04 Å². The molecule has 1 rings (SSSR count). The van der Waals surface area contributed by atoms with Gasteiger partial charge in [-0.1, -0.05) is 51.1 Å². The topological polar surface area (TPSA) is 12.0 Å². The van der Waals surface area contributed by atoms with Gasteiger partial charge in [-0.15, -0.1) is 0 Å². The third-order valence-corrected chi connectivity index (χ3v) is 2.66. The van der Waals surface area contributed by atoms with Crippen LogP contribution in [0.3, 0.4) is 0 Å². The van der Waals surface area contributed by atoms with E-state index < -0.39 is 0 Å². The molecule has 1 heteroatoms. The third kappa shape index (κ3) is 3.51. The normalized spacial score (nSPS) is 13.1. The Morgan fingerprint density at radius 2 is 1.79 bits per heavy atom. The van der Waals surface area contributed by atoms with Gasteiger partial charge in [0, 0.05) is 12.6 Å². The first-order valence-corrected chi connectivity index (χ1v) is 5.51. The van der Waals surface area contributed by atoms with Gasteiger partial charge in [0.05, 0.1) is 0 Å². The van der Waals surface area contributed by atoms with Gasteiger partial charge in [-0.25, -0.2) is 0 Å². The Kier molecular flexibility index (Phi) is 4.68. The fourth-order valence-electron chi connectivity index (χ4n) is 1.70. The fourth-order valence-corrected chi connectivity index (χ4v) is 1.70. The lowest BCUT2D eigenvalue weighted by atomic mass is 10.0. The van der Waals surface area contributed by atoms with Gasteiger partial charge in [0.25, 0.3) is 0 Å². The van der Waals surface area contributed by atoms with Gasteiger partial charge in [0.1, 0.15) is 0 Å². The van der Waals surface area contributed by atoms with Crippen LogP contribution in [0.1, 0.15) is 32.8 Å². The molecule has 0 bridgehead atoms. The zero-order valence-electron chi connectivity index (χ0n) is 9.46. The van der Waals surface area contributed by atoms with Crippen molar-refractivity contribution in [3.8, 4) is 0 Å². The monoisotopic (exact) mass is 191 g/mol. The molecule has 1 N–H and O–H groups in total. The second-order valence-electron chi connectivity index (χ2n) is 4.13. The molecule has 0 saturated heterocycles. The molecule has 78 valence electrons. The zero-order chi connectivity index (χ0) is 10.4. The lowest BCUT2D eigenvalue weighted by Gasteiger charge is -2.20. The molecule has 1 atom stereocenters. The van der Waals surface area contributed by atoms with E-state index in [1.54, 1.807) is 0 Å². The summed E-state index contributed by atoms with van der Waals surface area (Å²) < 4.78 is 0. The molecule has 0 radical (unpaired) electrons. The van der Waals surface area contributed by atoms with Crippen LogP contribution in [0.15, 0.2) is 30.3 Å². The predicted octanol–water partition coefficient (Wildman–Crippen LogP) is 3.21. The van der Waals surface area contributed by atoms with Gasteiger partial charge in [-0.05, 0) is 17.9 Å². The standard InChI is InChI=1S/C13H21N/c1-4-13(11(2)3)14-10-12-8-6-5-7-9-12/h5-9,11,13-14H,4,10H2,1-3H3. The average molecular weight is 191 g/mol. The van der Waals surface area contributed by atoms with Crippen LogP contribution in [0.2, 0.25) is 0 Å². The molecule has 0 fully saturated rings. The Morgan fingerprint density at radius 3 is 2.29 bits per heavy atom. The van der Waals surface area contributed by atoms with Crippen LogP contribution in [-0.2, 0) is 6.54 Å². The maximum absolute atomic E-state index is 3.59. The van der Waals surface area contributed by atoms with E-state index in [2.05, 4.69) is 56.4 Å². The van der Waals surface area contributed by atoms with Crippen molar-refractivity contribution in [2.75, 3.05) is 0 Å². The Balaban J connectivity index is 2.40. The SMILES string of the molecule is CCC(NCc1ccccc1)C(C)C. The van der Waals surface area contributed by atoms with Gasteiger partial charge >= 0.3 is 0 Å². The molecule has 0 amide bonds. The van der Waals surface area contributed by atoms with Crippen LogP contribution < -0.4 is 5.32 Å². The molecule has 1 unspecified atom stereocenters. The summed E-state index contributed by atoms with van der Waals surface area (Å²) in [6, 6.07) is 11.2. The van der Waals surface area contributed by atoms with Gasteiger partial charge in [0.15, 0.2) is 0 Å². The maximum atomic E-state index is 3.59. The quantitative estimate of drug-likeness (QED) is 0.753. The molecule has 1 aromatic carbocycles. The Morgan fingerprint density at radius 1 is 1.14 bits per heavy atom. The van der Waals surface area contributed by atoms with Gasteiger partial charge in [0.2, 0.25) is 0 Å². The minimum atomic E-state index is 0.634. The van der Waals surface area contributed by atoms with E-state index in [0.717, 1.165) is 6.54 Å². The minimum absolute atomic E-state index is 0.634. The molecule has 0 heterocycles. The predicted molar refractivity (Wildman–Crippen MR) is 62.2 cm³/mol. The van der Waals surface area contributed by atoms with Crippen LogP contribution in [0, 0.1) is 5.92 Å². The summed E-state index contributed by atoms with van der Waals surface area (Å²) in [7, 11) is 0. The first-order chi connectivity index (χ1) is 6.74. The lowest BCUT2D eigenvalue weighted by Crippen LogP contribution is -2.32. The van der Waals surface area contributed by atoms with Crippen LogP contribution in [0.5, 0.6) is 0 Å². The molecule has 0 spiro atoms. The highest BCUT2D eigenvalue weighted by Gasteiger charge is 2.09. The van der Waals surface area contributed by atoms with Gasteiger partial charge in [-0.2, -0.15) is 0 Å². The second-order valence-corrected chi connectivity index (χ2v) is 4.13. The van der Waals surface area contributed by atoms with Crippen molar-refractivity contribution in [1.82, 2.24) is 5.32 Å². The number of rotatable bonds is 5. The van der Waals surface area contributed by atoms with Crippen LogP contribution in [0.4, 0.5) is 0 Å². The maximum Gasteiger partial charge on any atom is 0.0208 e. The summed E-state index contributed by atoms with van der Waals surface area (Å²) in [5.74, 6) is 0.712. The van der Waals surface area contributed by atoms with Crippen molar-refractivity contribution in [2.24, 2.45) is 5.92 Å². The van der Waals surface area contributed by atoms with Crippen LogP contribution in [0.25, 0.3) is 0 Å². The van der Waals surface area contributed by atoms with E-state index >= 15 is 0 Å². The smallest absolute Gasteiger partial charge is 0.0208 e. The summed E-state index contributed by atoms with van der Waals surface area (Å²) in [6.45, 7) is 7.76. The average Bonchev–Trinajstić information content (AvgIpc) is 2.20. The van der Waals surface area contributed by atoms with Crippen molar-refractivity contribution < 1.29 is 0 Å². The highest BCUT2D eigenvalue weighted by Crippen LogP contribution is 2.07. The van der Waals surface area contributed by atoms with E-state index in [9.17, 15) is 0 Å². The van der Waals surface area contributed by atoms with E-state index in [1.807, 2.05) is 0 Å². The Bertz CT molecular complexity index is 241. The van der Waals surface area contributed by atoms with Gasteiger partial charge < -0.3 is 5.32 Å². The summed E-state index contributed by atoms with van der Waals surface area (Å²) in [5, 5.41) is 3.59. The van der Waals surface area contributed by atoms with Crippen molar-refractivity contribution in [3.63, 3.8) is 0 Å². The molecule has 0 aliphatic carbocycles. The van der Waals surface area contributed by atoms with Crippen molar-refractivity contribution >= 4 is 0 Å². The van der Waals surface area contributed by atoms with E-state index in [4.69, 9.17) is 0 Å². The third-order valence-electron chi connectivity index (χ3n) is 2.66. The number of hydrogen-bond donors (Lipinski definition) is 1. The minimum Gasteiger partial charge on any atom is -0.310 e. The number of hydrogen-bond acceptors (Lipinski definition) is 1. The Hall–Kier alpha value is -0.820. The zero-order valence-corrected chi connectivity index (χ0v) is 9.46. The molecule has 0 aromatic heterocycles. The summed E-state index contributed by atoms with van der Waals surface area (Å²) >= 11 is 0. The highest BCUT2D eigenvalue weighted by atomic mass is 14.9. The first kappa shape index (κ1) is 11.3. The molecule has 0 saturated carbocycles. The molecule has 0 aliphatic rings. The number of benzene rings is 1. The molecule has 1 nitrogen and oxygen atoms in total. The highest BCUT2D eigenvalue weighted by molar-refractivity contribution is 5.14. The fraction of sp³-hybridized carbons (Fsp3) is 0.538. The molecule has 0 aliphatic heterocycles. The largest absolute Gasteiger partial charge is 0.310 e. The molecule has 14 heavy (non-hydrogen) atoms.